The average Bonchev–Trinajstić information content (AvgIpc) is 3.10. The van der Waals surface area contributed by atoms with Crippen LogP contribution in [0.15, 0.2) is 45.0 Å². The van der Waals surface area contributed by atoms with Crippen LogP contribution < -0.4 is 10.6 Å². The topological polar surface area (TPSA) is 67.1 Å². The zero-order chi connectivity index (χ0) is 18.4. The van der Waals surface area contributed by atoms with E-state index in [1.807, 2.05) is 16.4 Å². The number of nitrogens with one attached hydrogen (secondary N) is 2. The van der Waals surface area contributed by atoms with Crippen LogP contribution in [0.3, 0.4) is 0 Å². The summed E-state index contributed by atoms with van der Waals surface area (Å²) in [4.78, 5) is 10.3. The SMILES string of the molecule is CCNC(=NCC(C)Sc1ccc(Br)cc1)NC1CCc2ncnn2C1.I. The molecule has 1 aliphatic heterocycles. The third-order valence-electron chi connectivity index (χ3n) is 4.15. The van der Waals surface area contributed by atoms with Gasteiger partial charge in [-0.05, 0) is 37.6 Å². The minimum Gasteiger partial charge on any atom is -0.357 e. The summed E-state index contributed by atoms with van der Waals surface area (Å²) < 4.78 is 3.09. The number of rotatable bonds is 6. The van der Waals surface area contributed by atoms with Gasteiger partial charge in [0.05, 0.1) is 13.1 Å². The monoisotopic (exact) mass is 564 g/mol. The Kier molecular flexibility index (Phi) is 9.37. The molecule has 0 aliphatic carbocycles. The molecule has 0 spiro atoms. The molecule has 3 rings (SSSR count). The molecule has 1 aliphatic rings. The Morgan fingerprint density at radius 2 is 2.19 bits per heavy atom. The maximum Gasteiger partial charge on any atom is 0.191 e. The maximum absolute atomic E-state index is 4.78. The van der Waals surface area contributed by atoms with E-state index in [1.54, 1.807) is 6.33 Å². The van der Waals surface area contributed by atoms with Gasteiger partial charge in [-0.3, -0.25) is 4.99 Å². The highest BCUT2D eigenvalue weighted by molar-refractivity contribution is 14.0. The van der Waals surface area contributed by atoms with Crippen molar-refractivity contribution in [1.82, 2.24) is 25.4 Å². The number of hydrogen-bond acceptors (Lipinski definition) is 4. The lowest BCUT2D eigenvalue weighted by Crippen LogP contribution is -2.47. The number of benzene rings is 1. The van der Waals surface area contributed by atoms with Gasteiger partial charge in [-0.2, -0.15) is 5.10 Å². The molecular weight excluding hydrogens is 539 g/mol. The van der Waals surface area contributed by atoms with Crippen LogP contribution >= 0.6 is 51.7 Å². The molecule has 0 saturated heterocycles. The van der Waals surface area contributed by atoms with Gasteiger partial charge in [0, 0.05) is 33.6 Å². The summed E-state index contributed by atoms with van der Waals surface area (Å²) in [6.07, 6.45) is 3.64. The van der Waals surface area contributed by atoms with Gasteiger partial charge >= 0.3 is 0 Å². The third kappa shape index (κ3) is 6.94. The van der Waals surface area contributed by atoms with Gasteiger partial charge in [0.25, 0.3) is 0 Å². The number of aryl methyl sites for hydroxylation is 1. The van der Waals surface area contributed by atoms with Gasteiger partial charge in [-0.1, -0.05) is 22.9 Å². The number of thioether (sulfide) groups is 1. The fourth-order valence-electron chi connectivity index (χ4n) is 2.87. The van der Waals surface area contributed by atoms with Crippen molar-refractivity contribution < 1.29 is 0 Å². The highest BCUT2D eigenvalue weighted by Crippen LogP contribution is 2.24. The molecule has 0 bridgehead atoms. The second-order valence-corrected chi connectivity index (χ2v) is 8.77. The molecule has 0 fully saturated rings. The summed E-state index contributed by atoms with van der Waals surface area (Å²) in [5.74, 6) is 1.95. The van der Waals surface area contributed by atoms with Crippen LogP contribution in [-0.4, -0.2) is 45.1 Å². The van der Waals surface area contributed by atoms with Gasteiger partial charge in [0.1, 0.15) is 12.2 Å². The van der Waals surface area contributed by atoms with Crippen molar-refractivity contribution in [2.45, 2.75) is 49.4 Å². The van der Waals surface area contributed by atoms with E-state index in [0.29, 0.717) is 11.3 Å². The van der Waals surface area contributed by atoms with Crippen LogP contribution in [0.1, 0.15) is 26.1 Å². The molecule has 0 amide bonds. The molecular formula is C18H26BrIN6S. The Morgan fingerprint density at radius 1 is 1.41 bits per heavy atom. The fraction of sp³-hybridized carbons (Fsp3) is 0.500. The second kappa shape index (κ2) is 11.3. The zero-order valence-electron chi connectivity index (χ0n) is 15.6. The number of hydrogen-bond donors (Lipinski definition) is 2. The number of aromatic nitrogens is 3. The van der Waals surface area contributed by atoms with Crippen molar-refractivity contribution in [3.63, 3.8) is 0 Å². The molecule has 1 aromatic heterocycles. The summed E-state index contributed by atoms with van der Waals surface area (Å²) in [5, 5.41) is 11.6. The van der Waals surface area contributed by atoms with Gasteiger partial charge in [-0.15, -0.1) is 35.7 Å². The van der Waals surface area contributed by atoms with E-state index >= 15 is 0 Å². The van der Waals surface area contributed by atoms with E-state index in [0.717, 1.165) is 48.7 Å². The van der Waals surface area contributed by atoms with Crippen LogP contribution in [0.4, 0.5) is 0 Å². The highest BCUT2D eigenvalue weighted by atomic mass is 127. The van der Waals surface area contributed by atoms with E-state index < -0.39 is 0 Å². The first kappa shape index (κ1) is 22.5. The van der Waals surface area contributed by atoms with E-state index in [2.05, 4.69) is 74.8 Å². The standard InChI is InChI=1S/C18H25BrN6S.HI/c1-3-20-18(24-15-6-9-17-22-12-23-25(17)11-15)21-10-13(2)26-16-7-4-14(19)5-8-16;/h4-5,7-8,12-13,15H,3,6,9-11H2,1-2H3,(H2,20,21,24);1H. The van der Waals surface area contributed by atoms with Crippen molar-refractivity contribution in [2.75, 3.05) is 13.1 Å². The Morgan fingerprint density at radius 3 is 2.93 bits per heavy atom. The molecule has 27 heavy (non-hydrogen) atoms. The zero-order valence-corrected chi connectivity index (χ0v) is 20.3. The lowest BCUT2D eigenvalue weighted by Gasteiger charge is -2.25. The predicted octanol–water partition coefficient (Wildman–Crippen LogP) is 3.71. The third-order valence-corrected chi connectivity index (χ3v) is 5.77. The number of aliphatic imine (C=N–C) groups is 1. The Bertz CT molecular complexity index is 736. The molecule has 6 nitrogen and oxygen atoms in total. The minimum absolute atomic E-state index is 0. The molecule has 2 unspecified atom stereocenters. The normalized spacial score (nSPS) is 17.6. The smallest absolute Gasteiger partial charge is 0.191 e. The molecule has 0 saturated carbocycles. The highest BCUT2D eigenvalue weighted by Gasteiger charge is 2.20. The Labute approximate surface area is 190 Å². The molecule has 2 aromatic rings. The summed E-state index contributed by atoms with van der Waals surface area (Å²) in [6, 6.07) is 8.75. The summed E-state index contributed by atoms with van der Waals surface area (Å²) in [5.41, 5.74) is 0. The first-order chi connectivity index (χ1) is 12.6. The average molecular weight is 565 g/mol. The molecule has 2 heterocycles. The van der Waals surface area contributed by atoms with E-state index in [-0.39, 0.29) is 24.0 Å². The van der Waals surface area contributed by atoms with Gasteiger partial charge in [-0.25, -0.2) is 9.67 Å². The predicted molar refractivity (Wildman–Crippen MR) is 126 cm³/mol. The summed E-state index contributed by atoms with van der Waals surface area (Å²) in [7, 11) is 0. The van der Waals surface area contributed by atoms with E-state index in [9.17, 15) is 0 Å². The Balaban J connectivity index is 0.00000261. The molecule has 1 aromatic carbocycles. The molecule has 2 atom stereocenters. The molecule has 0 radical (unpaired) electrons. The van der Waals surface area contributed by atoms with Gasteiger partial charge in [0.2, 0.25) is 0 Å². The lowest BCUT2D eigenvalue weighted by molar-refractivity contribution is 0.393. The first-order valence-corrected chi connectivity index (χ1v) is 10.6. The van der Waals surface area contributed by atoms with Crippen LogP contribution in [0, 0.1) is 0 Å². The number of fused-ring (bicyclic) bond motifs is 1. The first-order valence-electron chi connectivity index (χ1n) is 8.97. The fourth-order valence-corrected chi connectivity index (χ4v) is 4.04. The Hall–Kier alpha value is -0.810. The quantitative estimate of drug-likeness (QED) is 0.242. The second-order valence-electron chi connectivity index (χ2n) is 6.34. The van der Waals surface area contributed by atoms with Crippen molar-refractivity contribution in [1.29, 1.82) is 0 Å². The van der Waals surface area contributed by atoms with Crippen molar-refractivity contribution in [3.8, 4) is 0 Å². The van der Waals surface area contributed by atoms with E-state index in [4.69, 9.17) is 4.99 Å². The summed E-state index contributed by atoms with van der Waals surface area (Å²) in [6.45, 7) is 6.75. The maximum atomic E-state index is 4.78. The lowest BCUT2D eigenvalue weighted by atomic mass is 10.1. The summed E-state index contributed by atoms with van der Waals surface area (Å²) >= 11 is 5.32. The molecule has 148 valence electrons. The minimum atomic E-state index is 0. The molecule has 9 heteroatoms. The van der Waals surface area contributed by atoms with E-state index in [1.165, 1.54) is 4.90 Å². The van der Waals surface area contributed by atoms with Crippen molar-refractivity contribution >= 4 is 57.6 Å². The van der Waals surface area contributed by atoms with Crippen LogP contribution in [-0.2, 0) is 13.0 Å². The van der Waals surface area contributed by atoms with Gasteiger partial charge in [0.15, 0.2) is 5.96 Å². The molecule has 2 N–H and O–H groups in total. The van der Waals surface area contributed by atoms with Crippen molar-refractivity contribution in [3.05, 3.63) is 40.9 Å². The number of guanidine groups is 1. The van der Waals surface area contributed by atoms with Gasteiger partial charge < -0.3 is 10.6 Å². The number of nitrogens with zero attached hydrogens (tertiary/aromatic N) is 4. The number of halogens is 2. The largest absolute Gasteiger partial charge is 0.357 e. The van der Waals surface area contributed by atoms with Crippen molar-refractivity contribution in [2.24, 2.45) is 4.99 Å². The van der Waals surface area contributed by atoms with Crippen LogP contribution in [0.25, 0.3) is 0 Å². The van der Waals surface area contributed by atoms with Crippen LogP contribution in [0.2, 0.25) is 0 Å². The van der Waals surface area contributed by atoms with Crippen LogP contribution in [0.5, 0.6) is 0 Å².